The lowest BCUT2D eigenvalue weighted by molar-refractivity contribution is 0.388. The summed E-state index contributed by atoms with van der Waals surface area (Å²) in [5, 5.41) is 17.6. The molecule has 3 N–H and O–H groups in total. The van der Waals surface area contributed by atoms with Gasteiger partial charge in [-0.3, -0.25) is 9.78 Å². The molecule has 26 heavy (non-hydrogen) atoms. The average molecular weight is 345 g/mol. The second kappa shape index (κ2) is 5.41. The Morgan fingerprint density at radius 2 is 2.12 bits per heavy atom. The third-order valence-electron chi connectivity index (χ3n) is 4.33. The van der Waals surface area contributed by atoms with Crippen LogP contribution >= 0.6 is 0 Å². The number of nitrogen functional groups attached to an aromatic ring is 1. The molecule has 0 fully saturated rings. The van der Waals surface area contributed by atoms with E-state index in [1.807, 2.05) is 43.5 Å². The molecule has 0 aliphatic heterocycles. The van der Waals surface area contributed by atoms with Crippen LogP contribution in [-0.4, -0.2) is 30.1 Å². The summed E-state index contributed by atoms with van der Waals surface area (Å²) in [7, 11) is 0. The molecule has 1 aromatic carbocycles. The Kier molecular flexibility index (Phi) is 3.05. The highest BCUT2D eigenvalue weighted by Gasteiger charge is 2.13. The fourth-order valence-corrected chi connectivity index (χ4v) is 3.16. The molecular weight excluding hydrogens is 330 g/mol. The number of benzene rings is 1. The van der Waals surface area contributed by atoms with E-state index in [0.717, 1.165) is 39.0 Å². The highest BCUT2D eigenvalue weighted by Crippen LogP contribution is 2.30. The number of pyridine rings is 1. The number of aromatic amines is 1. The van der Waals surface area contributed by atoms with E-state index in [9.17, 15) is 0 Å². The lowest BCUT2D eigenvalue weighted by Crippen LogP contribution is -2.00. The van der Waals surface area contributed by atoms with Crippen molar-refractivity contribution in [2.45, 2.75) is 13.5 Å². The Hall–Kier alpha value is -3.68. The Labute approximate surface area is 147 Å². The third kappa shape index (κ3) is 2.31. The monoisotopic (exact) mass is 345 g/mol. The van der Waals surface area contributed by atoms with Crippen molar-refractivity contribution in [3.63, 3.8) is 0 Å². The normalized spacial score (nSPS) is 11.6. The number of nitrogens with zero attached hydrogens (tertiary/aromatic N) is 5. The van der Waals surface area contributed by atoms with E-state index in [4.69, 9.17) is 10.3 Å². The molecule has 5 aromatic rings. The van der Waals surface area contributed by atoms with Crippen molar-refractivity contribution in [1.82, 2.24) is 30.1 Å². The van der Waals surface area contributed by atoms with E-state index < -0.39 is 0 Å². The molecule has 0 aliphatic carbocycles. The minimum Gasteiger partial charge on any atom is -0.382 e. The molecular formula is C18H15N7O. The first-order valence-corrected chi connectivity index (χ1v) is 8.16. The standard InChI is InChI=1S/C18H15N7O/c1-10-6-12(24-26-10)8-25-9-14-13-3-2-11(15-4-5-20-22-15)7-16(13)21-18(19)17(14)23-25/h2-7,9H,8H2,1H3,(H2,19,21)(H,20,22). The number of fused-ring (bicyclic) bond motifs is 3. The zero-order valence-corrected chi connectivity index (χ0v) is 14.0. The summed E-state index contributed by atoms with van der Waals surface area (Å²) in [6.07, 6.45) is 3.76. The summed E-state index contributed by atoms with van der Waals surface area (Å²) in [5.41, 5.74) is 10.3. The van der Waals surface area contributed by atoms with Crippen LogP contribution in [0.25, 0.3) is 33.1 Å². The van der Waals surface area contributed by atoms with Crippen LogP contribution in [0.4, 0.5) is 5.82 Å². The van der Waals surface area contributed by atoms with Gasteiger partial charge in [-0.2, -0.15) is 10.2 Å². The van der Waals surface area contributed by atoms with Crippen molar-refractivity contribution in [2.24, 2.45) is 0 Å². The molecule has 5 rings (SSSR count). The topological polar surface area (TPSA) is 111 Å². The van der Waals surface area contributed by atoms with Gasteiger partial charge in [0.25, 0.3) is 0 Å². The summed E-state index contributed by atoms with van der Waals surface area (Å²) < 4.78 is 6.92. The van der Waals surface area contributed by atoms with Gasteiger partial charge in [0.1, 0.15) is 17.0 Å². The zero-order valence-electron chi connectivity index (χ0n) is 14.0. The molecule has 0 saturated carbocycles. The SMILES string of the molecule is Cc1cc(Cn2cc3c(n2)c(N)nc2cc(-c4cc[nH]n4)ccc23)no1. The molecule has 4 heterocycles. The first-order chi connectivity index (χ1) is 12.7. The third-order valence-corrected chi connectivity index (χ3v) is 4.33. The predicted octanol–water partition coefficient (Wildman–Crippen LogP) is 2.90. The molecule has 0 spiro atoms. The molecule has 0 unspecified atom stereocenters. The first kappa shape index (κ1) is 14.6. The van der Waals surface area contributed by atoms with Gasteiger partial charge in [-0.25, -0.2) is 4.98 Å². The summed E-state index contributed by atoms with van der Waals surface area (Å²) in [4.78, 5) is 4.53. The van der Waals surface area contributed by atoms with Gasteiger partial charge in [0, 0.05) is 34.8 Å². The van der Waals surface area contributed by atoms with Gasteiger partial charge in [-0.05, 0) is 19.1 Å². The molecule has 8 heteroatoms. The molecule has 8 nitrogen and oxygen atoms in total. The lowest BCUT2D eigenvalue weighted by Gasteiger charge is -2.03. The highest BCUT2D eigenvalue weighted by atomic mass is 16.5. The van der Waals surface area contributed by atoms with Gasteiger partial charge in [-0.1, -0.05) is 17.3 Å². The van der Waals surface area contributed by atoms with E-state index in [2.05, 4.69) is 25.4 Å². The van der Waals surface area contributed by atoms with Crippen LogP contribution in [-0.2, 0) is 6.54 Å². The summed E-state index contributed by atoms with van der Waals surface area (Å²) in [5.74, 6) is 1.18. The van der Waals surface area contributed by atoms with Crippen LogP contribution in [0.3, 0.4) is 0 Å². The van der Waals surface area contributed by atoms with E-state index in [0.29, 0.717) is 17.9 Å². The number of aromatic nitrogens is 6. The molecule has 0 aliphatic rings. The van der Waals surface area contributed by atoms with Crippen molar-refractivity contribution in [1.29, 1.82) is 0 Å². The van der Waals surface area contributed by atoms with Crippen LogP contribution in [0.5, 0.6) is 0 Å². The fourth-order valence-electron chi connectivity index (χ4n) is 3.16. The van der Waals surface area contributed by atoms with E-state index in [-0.39, 0.29) is 0 Å². The van der Waals surface area contributed by atoms with Crippen molar-refractivity contribution in [3.8, 4) is 11.3 Å². The molecule has 0 bridgehead atoms. The molecule has 128 valence electrons. The number of anilines is 1. The van der Waals surface area contributed by atoms with Crippen molar-refractivity contribution < 1.29 is 4.52 Å². The quantitative estimate of drug-likeness (QED) is 0.520. The molecule has 0 saturated heterocycles. The fraction of sp³-hybridized carbons (Fsp3) is 0.111. The highest BCUT2D eigenvalue weighted by molar-refractivity contribution is 6.08. The second-order valence-electron chi connectivity index (χ2n) is 6.21. The van der Waals surface area contributed by atoms with E-state index >= 15 is 0 Å². The van der Waals surface area contributed by atoms with Gasteiger partial charge in [0.2, 0.25) is 0 Å². The van der Waals surface area contributed by atoms with Gasteiger partial charge in [0.05, 0.1) is 17.8 Å². The average Bonchev–Trinajstić information content (AvgIpc) is 3.36. The Balaban J connectivity index is 1.64. The molecule has 0 amide bonds. The summed E-state index contributed by atoms with van der Waals surface area (Å²) in [6, 6.07) is 9.84. The smallest absolute Gasteiger partial charge is 0.152 e. The number of aryl methyl sites for hydroxylation is 1. The number of rotatable bonds is 3. The number of nitrogens with two attached hydrogens (primary N) is 1. The number of hydrogen-bond donors (Lipinski definition) is 2. The van der Waals surface area contributed by atoms with E-state index in [1.165, 1.54) is 0 Å². The minimum absolute atomic E-state index is 0.404. The van der Waals surface area contributed by atoms with Crippen LogP contribution in [0, 0.1) is 6.92 Å². The van der Waals surface area contributed by atoms with Crippen molar-refractivity contribution in [2.75, 3.05) is 5.73 Å². The number of hydrogen-bond acceptors (Lipinski definition) is 6. The molecule has 4 aromatic heterocycles. The van der Waals surface area contributed by atoms with Gasteiger partial charge in [0.15, 0.2) is 5.82 Å². The van der Waals surface area contributed by atoms with Crippen LogP contribution in [0.2, 0.25) is 0 Å². The summed E-state index contributed by atoms with van der Waals surface area (Å²) in [6.45, 7) is 2.38. The maximum absolute atomic E-state index is 6.16. The van der Waals surface area contributed by atoms with E-state index in [1.54, 1.807) is 10.9 Å². The second-order valence-corrected chi connectivity index (χ2v) is 6.21. The Morgan fingerprint density at radius 3 is 2.88 bits per heavy atom. The summed E-state index contributed by atoms with van der Waals surface area (Å²) >= 11 is 0. The maximum Gasteiger partial charge on any atom is 0.152 e. The van der Waals surface area contributed by atoms with Crippen LogP contribution < -0.4 is 5.73 Å². The van der Waals surface area contributed by atoms with Gasteiger partial charge in [-0.15, -0.1) is 0 Å². The van der Waals surface area contributed by atoms with Gasteiger partial charge >= 0.3 is 0 Å². The van der Waals surface area contributed by atoms with Crippen LogP contribution in [0.1, 0.15) is 11.5 Å². The Bertz CT molecular complexity index is 1230. The Morgan fingerprint density at radius 1 is 1.19 bits per heavy atom. The number of H-pyrrole nitrogens is 1. The number of nitrogens with one attached hydrogen (secondary N) is 1. The van der Waals surface area contributed by atoms with Gasteiger partial charge < -0.3 is 10.3 Å². The van der Waals surface area contributed by atoms with Crippen LogP contribution in [0.15, 0.2) is 47.2 Å². The van der Waals surface area contributed by atoms with Crippen molar-refractivity contribution in [3.05, 3.63) is 54.2 Å². The lowest BCUT2D eigenvalue weighted by atomic mass is 10.1. The molecule has 0 radical (unpaired) electrons. The zero-order chi connectivity index (χ0) is 17.7. The minimum atomic E-state index is 0.404. The molecule has 0 atom stereocenters. The van der Waals surface area contributed by atoms with Crippen molar-refractivity contribution >= 4 is 27.6 Å². The first-order valence-electron chi connectivity index (χ1n) is 8.16. The predicted molar refractivity (Wildman–Crippen MR) is 97.4 cm³/mol. The largest absolute Gasteiger partial charge is 0.382 e. The maximum atomic E-state index is 6.16.